The predicted octanol–water partition coefficient (Wildman–Crippen LogP) is 2.41. The standard InChI is InChI=1S/C10H7NO2/c1-2-9-10(13-6-5-12-9)7-3-4-11-8(1)7/h1-6,11H. The van der Waals surface area contributed by atoms with Crippen molar-refractivity contribution >= 4 is 10.9 Å². The second kappa shape index (κ2) is 2.29. The summed E-state index contributed by atoms with van der Waals surface area (Å²) in [5.41, 5.74) is 1.05. The van der Waals surface area contributed by atoms with E-state index in [9.17, 15) is 0 Å². The Balaban J connectivity index is 2.38. The highest BCUT2D eigenvalue weighted by molar-refractivity contribution is 5.88. The number of H-pyrrole nitrogens is 1. The van der Waals surface area contributed by atoms with Gasteiger partial charge in [0.05, 0.1) is 0 Å². The van der Waals surface area contributed by atoms with Gasteiger partial charge in [-0.15, -0.1) is 0 Å². The van der Waals surface area contributed by atoms with Gasteiger partial charge in [0.1, 0.15) is 12.5 Å². The van der Waals surface area contributed by atoms with Crippen LogP contribution in [-0.2, 0) is 0 Å². The van der Waals surface area contributed by atoms with Crippen LogP contribution in [0.5, 0.6) is 11.5 Å². The monoisotopic (exact) mass is 173 g/mol. The second-order valence-electron chi connectivity index (χ2n) is 2.84. The van der Waals surface area contributed by atoms with Gasteiger partial charge in [0.2, 0.25) is 0 Å². The minimum Gasteiger partial charge on any atom is -0.458 e. The minimum atomic E-state index is 0.759. The van der Waals surface area contributed by atoms with Crippen molar-refractivity contribution in [2.24, 2.45) is 0 Å². The van der Waals surface area contributed by atoms with Crippen molar-refractivity contribution in [3.63, 3.8) is 0 Å². The van der Waals surface area contributed by atoms with Gasteiger partial charge in [0.25, 0.3) is 0 Å². The van der Waals surface area contributed by atoms with Crippen LogP contribution in [0.2, 0.25) is 0 Å². The molecule has 1 aromatic carbocycles. The minimum absolute atomic E-state index is 0.759. The second-order valence-corrected chi connectivity index (χ2v) is 2.84. The van der Waals surface area contributed by atoms with Gasteiger partial charge in [-0.05, 0) is 18.2 Å². The van der Waals surface area contributed by atoms with E-state index in [0.717, 1.165) is 22.4 Å². The molecule has 1 aliphatic rings. The summed E-state index contributed by atoms with van der Waals surface area (Å²) in [6, 6.07) is 5.82. The summed E-state index contributed by atoms with van der Waals surface area (Å²) in [4.78, 5) is 3.11. The van der Waals surface area contributed by atoms with Crippen molar-refractivity contribution in [2.45, 2.75) is 0 Å². The lowest BCUT2D eigenvalue weighted by Gasteiger charge is -2.12. The predicted molar refractivity (Wildman–Crippen MR) is 48.7 cm³/mol. The Morgan fingerprint density at radius 3 is 2.92 bits per heavy atom. The Labute approximate surface area is 74.6 Å². The summed E-state index contributed by atoms with van der Waals surface area (Å²) in [6.45, 7) is 0. The molecule has 3 nitrogen and oxygen atoms in total. The molecule has 0 radical (unpaired) electrons. The molecule has 0 saturated heterocycles. The maximum atomic E-state index is 5.37. The smallest absolute Gasteiger partial charge is 0.178 e. The highest BCUT2D eigenvalue weighted by Crippen LogP contribution is 2.37. The van der Waals surface area contributed by atoms with E-state index in [4.69, 9.17) is 9.47 Å². The largest absolute Gasteiger partial charge is 0.458 e. The van der Waals surface area contributed by atoms with E-state index < -0.39 is 0 Å². The number of benzene rings is 1. The molecule has 0 unspecified atom stereocenters. The molecule has 0 aliphatic carbocycles. The van der Waals surface area contributed by atoms with E-state index in [2.05, 4.69) is 4.98 Å². The van der Waals surface area contributed by atoms with Gasteiger partial charge < -0.3 is 14.5 Å². The van der Waals surface area contributed by atoms with Gasteiger partial charge in [-0.2, -0.15) is 0 Å². The molecule has 0 bridgehead atoms. The summed E-state index contributed by atoms with van der Waals surface area (Å²) in [7, 11) is 0. The van der Waals surface area contributed by atoms with Crippen LogP contribution >= 0.6 is 0 Å². The average Bonchev–Trinajstić information content (AvgIpc) is 2.65. The van der Waals surface area contributed by atoms with Gasteiger partial charge in [0.15, 0.2) is 11.5 Å². The maximum absolute atomic E-state index is 5.37. The fourth-order valence-corrected chi connectivity index (χ4v) is 1.50. The number of rotatable bonds is 0. The zero-order chi connectivity index (χ0) is 8.67. The van der Waals surface area contributed by atoms with Gasteiger partial charge in [-0.1, -0.05) is 0 Å². The summed E-state index contributed by atoms with van der Waals surface area (Å²) < 4.78 is 10.7. The summed E-state index contributed by atoms with van der Waals surface area (Å²) in [5, 5.41) is 1.04. The number of aromatic nitrogens is 1. The quantitative estimate of drug-likeness (QED) is 0.663. The van der Waals surface area contributed by atoms with Crippen LogP contribution in [0.3, 0.4) is 0 Å². The van der Waals surface area contributed by atoms with Crippen LogP contribution in [0, 0.1) is 0 Å². The van der Waals surface area contributed by atoms with Crippen LogP contribution in [0.1, 0.15) is 0 Å². The van der Waals surface area contributed by atoms with Crippen molar-refractivity contribution in [2.75, 3.05) is 0 Å². The van der Waals surface area contributed by atoms with Crippen LogP contribution in [0.4, 0.5) is 0 Å². The van der Waals surface area contributed by atoms with Crippen molar-refractivity contribution in [3.8, 4) is 11.5 Å². The molecule has 1 N–H and O–H groups in total. The summed E-state index contributed by atoms with van der Waals surface area (Å²) in [6.07, 6.45) is 4.95. The first-order chi connectivity index (χ1) is 6.45. The van der Waals surface area contributed by atoms with Crippen molar-refractivity contribution in [1.82, 2.24) is 4.98 Å². The summed E-state index contributed by atoms with van der Waals surface area (Å²) in [5.74, 6) is 1.54. The Morgan fingerprint density at radius 1 is 1.00 bits per heavy atom. The van der Waals surface area contributed by atoms with E-state index in [0.29, 0.717) is 0 Å². The Kier molecular flexibility index (Phi) is 1.16. The first kappa shape index (κ1) is 6.60. The first-order valence-corrected chi connectivity index (χ1v) is 4.03. The molecular formula is C10H7NO2. The molecule has 3 heteroatoms. The number of ether oxygens (including phenoxy) is 2. The molecule has 3 rings (SSSR count). The number of hydrogen-bond acceptors (Lipinski definition) is 2. The van der Waals surface area contributed by atoms with E-state index in [1.807, 2.05) is 24.4 Å². The number of aromatic amines is 1. The van der Waals surface area contributed by atoms with E-state index >= 15 is 0 Å². The van der Waals surface area contributed by atoms with Gasteiger partial charge >= 0.3 is 0 Å². The third-order valence-corrected chi connectivity index (χ3v) is 2.09. The van der Waals surface area contributed by atoms with Gasteiger partial charge in [-0.25, -0.2) is 0 Å². The molecular weight excluding hydrogens is 166 g/mol. The lowest BCUT2D eigenvalue weighted by atomic mass is 10.2. The van der Waals surface area contributed by atoms with E-state index in [1.54, 1.807) is 0 Å². The van der Waals surface area contributed by atoms with E-state index in [-0.39, 0.29) is 0 Å². The molecule has 0 fully saturated rings. The van der Waals surface area contributed by atoms with Crippen LogP contribution in [0.15, 0.2) is 36.9 Å². The van der Waals surface area contributed by atoms with E-state index in [1.165, 1.54) is 12.5 Å². The lowest BCUT2D eigenvalue weighted by Crippen LogP contribution is -1.95. The molecule has 0 spiro atoms. The Morgan fingerprint density at radius 2 is 1.92 bits per heavy atom. The third kappa shape index (κ3) is 0.839. The Bertz CT molecular complexity index is 485. The molecule has 0 atom stereocenters. The van der Waals surface area contributed by atoms with Gasteiger partial charge in [0, 0.05) is 17.1 Å². The first-order valence-electron chi connectivity index (χ1n) is 4.03. The lowest BCUT2D eigenvalue weighted by molar-refractivity contribution is 0.365. The highest BCUT2D eigenvalue weighted by Gasteiger charge is 2.12. The zero-order valence-corrected chi connectivity index (χ0v) is 6.78. The molecule has 1 aromatic heterocycles. The molecule has 64 valence electrons. The van der Waals surface area contributed by atoms with Crippen LogP contribution in [-0.4, -0.2) is 4.98 Å². The maximum Gasteiger partial charge on any atom is 0.178 e. The SMILES string of the molecule is C1=COc2c(ccc3[nH]ccc23)O1. The zero-order valence-electron chi connectivity index (χ0n) is 6.78. The van der Waals surface area contributed by atoms with Crippen molar-refractivity contribution < 1.29 is 9.47 Å². The topological polar surface area (TPSA) is 34.2 Å². The van der Waals surface area contributed by atoms with Crippen molar-refractivity contribution in [3.05, 3.63) is 36.9 Å². The van der Waals surface area contributed by atoms with Crippen LogP contribution < -0.4 is 9.47 Å². The fourth-order valence-electron chi connectivity index (χ4n) is 1.50. The normalized spacial score (nSPS) is 13.5. The van der Waals surface area contributed by atoms with Gasteiger partial charge in [-0.3, -0.25) is 0 Å². The molecule has 13 heavy (non-hydrogen) atoms. The van der Waals surface area contributed by atoms with Crippen LogP contribution in [0.25, 0.3) is 10.9 Å². The molecule has 1 aliphatic heterocycles. The number of hydrogen-bond donors (Lipinski definition) is 1. The molecule has 0 saturated carbocycles. The Hall–Kier alpha value is -1.90. The van der Waals surface area contributed by atoms with Crippen molar-refractivity contribution in [1.29, 1.82) is 0 Å². The number of nitrogens with one attached hydrogen (secondary N) is 1. The molecule has 2 aromatic rings. The molecule has 0 amide bonds. The summed E-state index contributed by atoms with van der Waals surface area (Å²) >= 11 is 0. The molecule has 2 heterocycles. The average molecular weight is 173 g/mol. The third-order valence-electron chi connectivity index (χ3n) is 2.09. The fraction of sp³-hybridized carbons (Fsp3) is 0. The highest BCUT2D eigenvalue weighted by atomic mass is 16.5. The number of fused-ring (bicyclic) bond motifs is 3.